The van der Waals surface area contributed by atoms with Gasteiger partial charge in [0.05, 0.1) is 36.1 Å². The smallest absolute Gasteiger partial charge is 0.309 e. The molecule has 1 atom stereocenters. The van der Waals surface area contributed by atoms with Gasteiger partial charge in [-0.15, -0.1) is 0 Å². The SMILES string of the molecule is CC1(C)CC=C(c2nc(CC(=O)O)ccc2NC(=O)C2=NCC(C#N)N2)CC1. The van der Waals surface area contributed by atoms with E-state index in [1.54, 1.807) is 12.1 Å². The second-order valence-electron chi connectivity index (χ2n) is 7.84. The Bertz CT molecular complexity index is 911. The number of pyridine rings is 1. The van der Waals surface area contributed by atoms with Crippen molar-refractivity contribution in [3.05, 3.63) is 29.6 Å². The molecule has 0 bridgehead atoms. The monoisotopic (exact) mass is 381 g/mol. The van der Waals surface area contributed by atoms with Gasteiger partial charge in [0.15, 0.2) is 5.84 Å². The lowest BCUT2D eigenvalue weighted by Gasteiger charge is -2.29. The second-order valence-corrected chi connectivity index (χ2v) is 7.84. The van der Waals surface area contributed by atoms with Crippen LogP contribution in [0.15, 0.2) is 23.2 Å². The van der Waals surface area contributed by atoms with Gasteiger partial charge in [-0.1, -0.05) is 19.9 Å². The van der Waals surface area contributed by atoms with Gasteiger partial charge in [-0.05, 0) is 42.4 Å². The fraction of sp³-hybridized carbons (Fsp3) is 0.450. The summed E-state index contributed by atoms with van der Waals surface area (Å²) < 4.78 is 0. The first-order chi connectivity index (χ1) is 13.3. The van der Waals surface area contributed by atoms with Gasteiger partial charge in [0.1, 0.15) is 6.04 Å². The van der Waals surface area contributed by atoms with E-state index in [1.165, 1.54) is 0 Å². The van der Waals surface area contributed by atoms with E-state index in [0.29, 0.717) is 17.1 Å². The molecule has 146 valence electrons. The number of carboxylic acid groups (broad SMARTS) is 1. The Morgan fingerprint density at radius 1 is 1.43 bits per heavy atom. The number of nitriles is 1. The first-order valence-corrected chi connectivity index (χ1v) is 9.20. The van der Waals surface area contributed by atoms with E-state index in [4.69, 9.17) is 10.4 Å². The zero-order valence-corrected chi connectivity index (χ0v) is 16.0. The molecule has 1 amide bonds. The number of aliphatic imine (C=N–C) groups is 1. The minimum absolute atomic E-state index is 0.117. The van der Waals surface area contributed by atoms with E-state index in [0.717, 1.165) is 24.8 Å². The fourth-order valence-electron chi connectivity index (χ4n) is 3.22. The summed E-state index contributed by atoms with van der Waals surface area (Å²) in [7, 11) is 0. The van der Waals surface area contributed by atoms with Crippen LogP contribution in [0.25, 0.3) is 5.57 Å². The number of carbonyl (C=O) groups is 2. The predicted molar refractivity (Wildman–Crippen MR) is 105 cm³/mol. The summed E-state index contributed by atoms with van der Waals surface area (Å²) in [5, 5.41) is 23.6. The largest absolute Gasteiger partial charge is 0.481 e. The van der Waals surface area contributed by atoms with Crippen molar-refractivity contribution in [2.75, 3.05) is 11.9 Å². The molecule has 0 saturated carbocycles. The Morgan fingerprint density at radius 3 is 2.82 bits per heavy atom. The van der Waals surface area contributed by atoms with Crippen molar-refractivity contribution < 1.29 is 14.7 Å². The zero-order valence-electron chi connectivity index (χ0n) is 16.0. The van der Waals surface area contributed by atoms with Crippen LogP contribution in [-0.4, -0.2) is 40.4 Å². The molecular formula is C20H23N5O3. The van der Waals surface area contributed by atoms with E-state index in [2.05, 4.69) is 40.5 Å². The number of allylic oxidation sites excluding steroid dienone is 2. The molecule has 1 aliphatic heterocycles. The molecule has 0 saturated heterocycles. The van der Waals surface area contributed by atoms with Gasteiger partial charge in [-0.3, -0.25) is 19.6 Å². The highest BCUT2D eigenvalue weighted by molar-refractivity contribution is 6.42. The number of nitrogens with zero attached hydrogens (tertiary/aromatic N) is 3. The van der Waals surface area contributed by atoms with Crippen LogP contribution in [0, 0.1) is 16.7 Å². The average Bonchev–Trinajstić information content (AvgIpc) is 3.12. The number of carbonyl (C=O) groups excluding carboxylic acids is 1. The highest BCUT2D eigenvalue weighted by atomic mass is 16.4. The van der Waals surface area contributed by atoms with Gasteiger partial charge in [-0.2, -0.15) is 5.26 Å². The van der Waals surface area contributed by atoms with E-state index in [1.807, 2.05) is 6.07 Å². The Hall–Kier alpha value is -3.21. The average molecular weight is 381 g/mol. The maximum atomic E-state index is 12.5. The van der Waals surface area contributed by atoms with Gasteiger partial charge in [0.2, 0.25) is 0 Å². The Kier molecular flexibility index (Phi) is 5.45. The summed E-state index contributed by atoms with van der Waals surface area (Å²) >= 11 is 0. The summed E-state index contributed by atoms with van der Waals surface area (Å²) in [6, 6.07) is 4.80. The van der Waals surface area contributed by atoms with Crippen molar-refractivity contribution >= 4 is 29.0 Å². The Morgan fingerprint density at radius 2 is 2.21 bits per heavy atom. The van der Waals surface area contributed by atoms with Crippen LogP contribution in [0.5, 0.6) is 0 Å². The van der Waals surface area contributed by atoms with Gasteiger partial charge < -0.3 is 15.7 Å². The van der Waals surface area contributed by atoms with E-state index in [-0.39, 0.29) is 24.2 Å². The van der Waals surface area contributed by atoms with Crippen molar-refractivity contribution in [2.24, 2.45) is 10.4 Å². The quantitative estimate of drug-likeness (QED) is 0.717. The summed E-state index contributed by atoms with van der Waals surface area (Å²) in [6.45, 7) is 4.64. The van der Waals surface area contributed by atoms with Gasteiger partial charge in [0.25, 0.3) is 5.91 Å². The van der Waals surface area contributed by atoms with Crippen LogP contribution in [0.2, 0.25) is 0 Å². The summed E-state index contributed by atoms with van der Waals surface area (Å²) in [4.78, 5) is 32.2. The zero-order chi connectivity index (χ0) is 20.3. The summed E-state index contributed by atoms with van der Waals surface area (Å²) in [6.07, 6.45) is 4.60. The first kappa shape index (κ1) is 19.5. The van der Waals surface area contributed by atoms with Crippen molar-refractivity contribution in [3.8, 4) is 6.07 Å². The molecule has 1 aromatic heterocycles. The molecule has 1 aliphatic carbocycles. The van der Waals surface area contributed by atoms with E-state index < -0.39 is 17.9 Å². The molecule has 0 spiro atoms. The topological polar surface area (TPSA) is 127 Å². The van der Waals surface area contributed by atoms with E-state index >= 15 is 0 Å². The number of carboxylic acids is 1. The van der Waals surface area contributed by atoms with Gasteiger partial charge in [-0.25, -0.2) is 0 Å². The number of aliphatic carboxylic acids is 1. The summed E-state index contributed by atoms with van der Waals surface area (Å²) in [5.74, 6) is -1.28. The molecule has 8 heteroatoms. The number of hydrogen-bond donors (Lipinski definition) is 3. The third-order valence-corrected chi connectivity index (χ3v) is 4.92. The molecule has 1 aromatic rings. The van der Waals surface area contributed by atoms with E-state index in [9.17, 15) is 9.59 Å². The minimum Gasteiger partial charge on any atom is -0.481 e. The normalized spacial score (nSPS) is 20.4. The molecule has 3 N–H and O–H groups in total. The molecule has 2 aliphatic rings. The van der Waals surface area contributed by atoms with Crippen molar-refractivity contribution in [2.45, 2.75) is 45.6 Å². The van der Waals surface area contributed by atoms with Crippen LogP contribution in [0.4, 0.5) is 5.69 Å². The van der Waals surface area contributed by atoms with Crippen LogP contribution in [-0.2, 0) is 16.0 Å². The highest BCUT2D eigenvalue weighted by Gasteiger charge is 2.26. The van der Waals surface area contributed by atoms with Crippen molar-refractivity contribution in [1.82, 2.24) is 10.3 Å². The Balaban J connectivity index is 1.88. The van der Waals surface area contributed by atoms with Gasteiger partial charge in [0, 0.05) is 0 Å². The molecule has 2 heterocycles. The molecular weight excluding hydrogens is 358 g/mol. The lowest BCUT2D eigenvalue weighted by atomic mass is 9.77. The number of amidine groups is 1. The minimum atomic E-state index is -0.957. The predicted octanol–water partition coefficient (Wildman–Crippen LogP) is 2.13. The standard InChI is InChI=1S/C20H23N5O3/c1-20(2)7-5-12(6-8-20)17-15(4-3-13(23-17)9-16(26)27)25-19(28)18-22-11-14(10-21)24-18/h3-5,14H,6-9,11H2,1-2H3,(H,22,24)(H,25,28)(H,26,27). The number of hydrogen-bond acceptors (Lipinski definition) is 6. The number of amides is 1. The molecule has 0 aromatic carbocycles. The molecule has 0 radical (unpaired) electrons. The third kappa shape index (κ3) is 4.55. The maximum Gasteiger partial charge on any atom is 0.309 e. The number of aromatic nitrogens is 1. The Labute approximate surface area is 163 Å². The van der Waals surface area contributed by atoms with Crippen molar-refractivity contribution in [1.29, 1.82) is 5.26 Å². The summed E-state index contributed by atoms with van der Waals surface area (Å²) in [5.41, 5.74) is 2.75. The first-order valence-electron chi connectivity index (χ1n) is 9.20. The molecule has 0 fully saturated rings. The van der Waals surface area contributed by atoms with Crippen LogP contribution >= 0.6 is 0 Å². The van der Waals surface area contributed by atoms with Crippen LogP contribution < -0.4 is 10.6 Å². The highest BCUT2D eigenvalue weighted by Crippen LogP contribution is 2.39. The number of anilines is 1. The lowest BCUT2D eigenvalue weighted by Crippen LogP contribution is -2.37. The number of nitrogens with one attached hydrogen (secondary N) is 2. The molecule has 3 rings (SSSR count). The van der Waals surface area contributed by atoms with Crippen molar-refractivity contribution in [3.63, 3.8) is 0 Å². The molecule has 8 nitrogen and oxygen atoms in total. The molecule has 1 unspecified atom stereocenters. The number of rotatable bonds is 5. The third-order valence-electron chi connectivity index (χ3n) is 4.92. The van der Waals surface area contributed by atoms with Crippen LogP contribution in [0.3, 0.4) is 0 Å². The second kappa shape index (κ2) is 7.80. The maximum absolute atomic E-state index is 12.5. The van der Waals surface area contributed by atoms with Crippen LogP contribution in [0.1, 0.15) is 44.5 Å². The molecule has 28 heavy (non-hydrogen) atoms. The van der Waals surface area contributed by atoms with Gasteiger partial charge >= 0.3 is 5.97 Å². The fourth-order valence-corrected chi connectivity index (χ4v) is 3.22. The lowest BCUT2D eigenvalue weighted by molar-refractivity contribution is -0.136.